The van der Waals surface area contributed by atoms with Gasteiger partial charge in [0.2, 0.25) is 0 Å². The van der Waals surface area contributed by atoms with Gasteiger partial charge in [0, 0.05) is 29.7 Å². The predicted octanol–water partition coefficient (Wildman–Crippen LogP) is 5.37. The number of rotatable bonds is 1. The number of anilines is 2. The fourth-order valence-corrected chi connectivity index (χ4v) is 6.82. The molecule has 4 rings (SSSR count). The molecule has 0 radical (unpaired) electrons. The molecule has 2 aromatic rings. The van der Waals surface area contributed by atoms with Gasteiger partial charge in [0.05, 0.1) is 5.56 Å². The summed E-state index contributed by atoms with van der Waals surface area (Å²) in [5.74, 6) is 1.10. The minimum atomic E-state index is -4.19. The number of pyridine rings is 2. The lowest BCUT2D eigenvalue weighted by molar-refractivity contribution is 0.0981. The van der Waals surface area contributed by atoms with E-state index in [1.54, 1.807) is 18.2 Å². The second-order valence-electron chi connectivity index (χ2n) is 13.9. The second kappa shape index (κ2) is 9.81. The molecule has 1 saturated heterocycles. The summed E-state index contributed by atoms with van der Waals surface area (Å²) in [6.07, 6.45) is 3.00. The number of hydrogen-bond donors (Lipinski definition) is 2. The van der Waals surface area contributed by atoms with E-state index in [0.717, 1.165) is 31.5 Å². The van der Waals surface area contributed by atoms with E-state index >= 15 is 0 Å². The number of carbonyl (C=O) groups is 1. The van der Waals surface area contributed by atoms with E-state index in [9.17, 15) is 13.2 Å². The van der Waals surface area contributed by atoms with Crippen molar-refractivity contribution >= 4 is 27.6 Å². The molecule has 4 bridgehead atoms. The summed E-state index contributed by atoms with van der Waals surface area (Å²) in [4.78, 5) is 25.1. The number of hydrogen-bond acceptors (Lipinski definition) is 7. The van der Waals surface area contributed by atoms with Crippen LogP contribution >= 0.6 is 0 Å². The molecular formula is C29H43N5O3S. The van der Waals surface area contributed by atoms with Gasteiger partial charge in [0.25, 0.3) is 15.9 Å². The second-order valence-corrected chi connectivity index (χ2v) is 15.5. The number of fused-ring (bicyclic) bond motifs is 6. The molecule has 1 unspecified atom stereocenters. The minimum Gasteiger partial charge on any atom is -0.370 e. The van der Waals surface area contributed by atoms with Crippen LogP contribution in [0.4, 0.5) is 11.6 Å². The molecule has 2 aliphatic rings. The Morgan fingerprint density at radius 3 is 2.42 bits per heavy atom. The number of amides is 1. The summed E-state index contributed by atoms with van der Waals surface area (Å²) in [5.41, 5.74) is 0.781. The highest BCUT2D eigenvalue weighted by molar-refractivity contribution is 7.90. The van der Waals surface area contributed by atoms with Gasteiger partial charge in [0.15, 0.2) is 5.03 Å². The van der Waals surface area contributed by atoms with Crippen LogP contribution in [0, 0.1) is 17.3 Å². The fourth-order valence-electron chi connectivity index (χ4n) is 5.88. The molecule has 1 fully saturated rings. The summed E-state index contributed by atoms with van der Waals surface area (Å²) in [7, 11) is -4.19. The van der Waals surface area contributed by atoms with Crippen LogP contribution in [0.2, 0.25) is 0 Å². The van der Waals surface area contributed by atoms with E-state index in [1.807, 2.05) is 6.07 Å². The van der Waals surface area contributed by atoms with Crippen LogP contribution in [0.3, 0.4) is 0 Å². The first kappa shape index (κ1) is 28.3. The SMILES string of the molecule is CC(C)(C)CC1CNc2cccc(n2)S(=O)(=O)NC(=O)c2ccc(C(C)(C)C)nc2N2C[C@@H](C1)CC2(C)C. The maximum absolute atomic E-state index is 13.5. The smallest absolute Gasteiger partial charge is 0.281 e. The van der Waals surface area contributed by atoms with Crippen molar-refractivity contribution in [3.05, 3.63) is 41.6 Å². The molecule has 2 atom stereocenters. The molecule has 0 aromatic carbocycles. The maximum atomic E-state index is 13.5. The van der Waals surface area contributed by atoms with Gasteiger partial charge in [-0.15, -0.1) is 0 Å². The molecule has 2 aliphatic heterocycles. The molecule has 1 amide bonds. The lowest BCUT2D eigenvalue weighted by atomic mass is 9.79. The third kappa shape index (κ3) is 6.30. The van der Waals surface area contributed by atoms with Crippen LogP contribution < -0.4 is 14.9 Å². The van der Waals surface area contributed by atoms with E-state index in [4.69, 9.17) is 4.98 Å². The van der Waals surface area contributed by atoms with Gasteiger partial charge in [-0.25, -0.2) is 14.7 Å². The summed E-state index contributed by atoms with van der Waals surface area (Å²) in [6, 6.07) is 8.35. The Morgan fingerprint density at radius 2 is 1.76 bits per heavy atom. The summed E-state index contributed by atoms with van der Waals surface area (Å²) in [6.45, 7) is 18.8. The number of nitrogens with zero attached hydrogens (tertiary/aromatic N) is 3. The lowest BCUT2D eigenvalue weighted by Crippen LogP contribution is -2.41. The van der Waals surface area contributed by atoms with Crippen LogP contribution in [0.25, 0.3) is 0 Å². The lowest BCUT2D eigenvalue weighted by Gasteiger charge is -2.34. The van der Waals surface area contributed by atoms with Crippen molar-refractivity contribution in [2.45, 2.75) is 90.6 Å². The molecule has 2 N–H and O–H groups in total. The molecule has 0 aliphatic carbocycles. The zero-order valence-corrected chi connectivity index (χ0v) is 24.9. The van der Waals surface area contributed by atoms with Gasteiger partial charge in [-0.3, -0.25) is 4.79 Å². The molecular weight excluding hydrogens is 498 g/mol. The third-order valence-electron chi connectivity index (χ3n) is 7.47. The van der Waals surface area contributed by atoms with Crippen molar-refractivity contribution in [1.29, 1.82) is 0 Å². The van der Waals surface area contributed by atoms with E-state index in [2.05, 4.69) is 75.3 Å². The van der Waals surface area contributed by atoms with Gasteiger partial charge in [-0.2, -0.15) is 8.42 Å². The van der Waals surface area contributed by atoms with Crippen molar-refractivity contribution in [3.8, 4) is 0 Å². The van der Waals surface area contributed by atoms with Crippen molar-refractivity contribution in [2.24, 2.45) is 17.3 Å². The highest BCUT2D eigenvalue weighted by atomic mass is 32.2. The molecule has 2 aromatic heterocycles. The minimum absolute atomic E-state index is 0.147. The van der Waals surface area contributed by atoms with Crippen LogP contribution in [0.5, 0.6) is 0 Å². The Labute approximate surface area is 228 Å². The Balaban J connectivity index is 1.85. The fraction of sp³-hybridized carbons (Fsp3) is 0.621. The van der Waals surface area contributed by atoms with Gasteiger partial charge in [0.1, 0.15) is 11.6 Å². The van der Waals surface area contributed by atoms with Crippen molar-refractivity contribution in [3.63, 3.8) is 0 Å². The van der Waals surface area contributed by atoms with Gasteiger partial charge >= 0.3 is 0 Å². The van der Waals surface area contributed by atoms with Gasteiger partial charge in [-0.05, 0) is 74.6 Å². The predicted molar refractivity (Wildman–Crippen MR) is 152 cm³/mol. The van der Waals surface area contributed by atoms with Gasteiger partial charge < -0.3 is 10.2 Å². The van der Waals surface area contributed by atoms with E-state index in [1.165, 1.54) is 6.07 Å². The first-order chi connectivity index (χ1) is 17.4. The zero-order chi connectivity index (χ0) is 28.1. The number of nitrogens with one attached hydrogen (secondary N) is 2. The normalized spacial score (nSPS) is 23.5. The highest BCUT2D eigenvalue weighted by Crippen LogP contribution is 2.42. The molecule has 208 valence electrons. The average molecular weight is 542 g/mol. The van der Waals surface area contributed by atoms with Crippen LogP contribution in [0.1, 0.15) is 90.7 Å². The molecule has 0 spiro atoms. The molecule has 8 nitrogen and oxygen atoms in total. The van der Waals surface area contributed by atoms with Crippen LogP contribution in [0.15, 0.2) is 35.4 Å². The summed E-state index contributed by atoms with van der Waals surface area (Å²) in [5, 5.41) is 3.19. The highest BCUT2D eigenvalue weighted by Gasteiger charge is 2.42. The van der Waals surface area contributed by atoms with Gasteiger partial charge in [-0.1, -0.05) is 47.6 Å². The Hall–Kier alpha value is -2.68. The molecule has 38 heavy (non-hydrogen) atoms. The van der Waals surface area contributed by atoms with Crippen molar-refractivity contribution in [1.82, 2.24) is 14.7 Å². The standard InChI is InChI=1S/C29H43N5O3S/c1-27(2,3)15-19-14-20-16-29(7,8)34(18-20)25-21(12-13-22(31-25)28(4,5)6)26(35)33-38(36,37)24-11-9-10-23(32-24)30-17-19/h9-13,19-20H,14-18H2,1-8H3,(H,30,32)(H,33,35)/t19?,20-/m0/s1. The summed E-state index contributed by atoms with van der Waals surface area (Å²) < 4.78 is 28.7. The van der Waals surface area contributed by atoms with E-state index in [-0.39, 0.29) is 27.0 Å². The quantitative estimate of drug-likeness (QED) is 0.500. The molecule has 9 heteroatoms. The Bertz CT molecular complexity index is 1310. The van der Waals surface area contributed by atoms with E-state index < -0.39 is 15.9 Å². The van der Waals surface area contributed by atoms with Crippen LogP contribution in [-0.2, 0) is 15.4 Å². The zero-order valence-electron chi connectivity index (χ0n) is 24.1. The maximum Gasteiger partial charge on any atom is 0.281 e. The van der Waals surface area contributed by atoms with E-state index in [0.29, 0.717) is 30.0 Å². The molecule has 0 saturated carbocycles. The Kier molecular flexibility index (Phi) is 7.31. The van der Waals surface area contributed by atoms with Crippen LogP contribution in [-0.4, -0.2) is 42.9 Å². The Morgan fingerprint density at radius 1 is 1.05 bits per heavy atom. The topological polar surface area (TPSA) is 104 Å². The number of carbonyl (C=O) groups excluding carboxylic acids is 1. The van der Waals surface area contributed by atoms with Crippen molar-refractivity contribution in [2.75, 3.05) is 23.3 Å². The van der Waals surface area contributed by atoms with Crippen molar-refractivity contribution < 1.29 is 13.2 Å². The number of sulfonamides is 1. The number of aromatic nitrogens is 2. The first-order valence-electron chi connectivity index (χ1n) is 13.5. The largest absolute Gasteiger partial charge is 0.370 e. The first-order valence-corrected chi connectivity index (χ1v) is 15.0. The molecule has 4 heterocycles. The third-order valence-corrected chi connectivity index (χ3v) is 8.70. The summed E-state index contributed by atoms with van der Waals surface area (Å²) >= 11 is 0. The monoisotopic (exact) mass is 541 g/mol. The average Bonchev–Trinajstić information content (AvgIpc) is 3.08.